The third kappa shape index (κ3) is 2.63. The lowest BCUT2D eigenvalue weighted by atomic mass is 10.0. The lowest BCUT2D eigenvalue weighted by molar-refractivity contribution is -0.117. The number of benzene rings is 1. The van der Waals surface area contributed by atoms with Crippen LogP contribution in [0.3, 0.4) is 0 Å². The Labute approximate surface area is 126 Å². The quantitative estimate of drug-likeness (QED) is 0.883. The van der Waals surface area contributed by atoms with E-state index in [0.717, 1.165) is 17.8 Å². The highest BCUT2D eigenvalue weighted by Crippen LogP contribution is 2.34. The zero-order valence-corrected chi connectivity index (χ0v) is 13.0. The van der Waals surface area contributed by atoms with E-state index in [2.05, 4.69) is 52.7 Å². The van der Waals surface area contributed by atoms with Gasteiger partial charge in [0, 0.05) is 36.6 Å². The number of fused-ring (bicyclic) bond motifs is 1. The number of carbonyl (C=O) groups is 1. The van der Waals surface area contributed by atoms with Gasteiger partial charge < -0.3 is 20.4 Å². The normalized spacial score (nSPS) is 25.6. The van der Waals surface area contributed by atoms with Gasteiger partial charge in [0.2, 0.25) is 5.91 Å². The van der Waals surface area contributed by atoms with Crippen LogP contribution in [0.2, 0.25) is 0 Å². The van der Waals surface area contributed by atoms with Gasteiger partial charge in [0.25, 0.3) is 0 Å². The summed E-state index contributed by atoms with van der Waals surface area (Å²) in [5.41, 5.74) is 3.15. The molecule has 2 N–H and O–H groups in total. The number of nitrogens with one attached hydrogen (secondary N) is 2. The topological polar surface area (TPSA) is 47.6 Å². The summed E-state index contributed by atoms with van der Waals surface area (Å²) in [6.45, 7) is 2.29. The maximum Gasteiger partial charge on any atom is 0.246 e. The standard InChI is InChI=1S/C16H24N4O/c1-17-15-13-7-6-11(9-14(13)18-16(15)21)20(3)12-5-4-8-19(2)10-12/h6-7,9,12,15,17H,4-5,8,10H2,1-3H3,(H,18,21). The molecule has 2 aliphatic rings. The molecular formula is C16H24N4O. The van der Waals surface area contributed by atoms with E-state index in [-0.39, 0.29) is 11.9 Å². The number of nitrogens with zero attached hydrogens (tertiary/aromatic N) is 2. The van der Waals surface area contributed by atoms with Gasteiger partial charge in [-0.25, -0.2) is 0 Å². The van der Waals surface area contributed by atoms with Crippen molar-refractivity contribution in [2.24, 2.45) is 0 Å². The number of hydrogen-bond donors (Lipinski definition) is 2. The van der Waals surface area contributed by atoms with E-state index < -0.39 is 0 Å². The predicted octanol–water partition coefficient (Wildman–Crippen LogP) is 1.43. The molecule has 5 nitrogen and oxygen atoms in total. The molecule has 0 aliphatic carbocycles. The largest absolute Gasteiger partial charge is 0.370 e. The Morgan fingerprint density at radius 1 is 1.43 bits per heavy atom. The zero-order chi connectivity index (χ0) is 15.0. The van der Waals surface area contributed by atoms with Gasteiger partial charge in [-0.05, 0) is 45.6 Å². The predicted molar refractivity (Wildman–Crippen MR) is 85.8 cm³/mol. The minimum absolute atomic E-state index is 0.0321. The van der Waals surface area contributed by atoms with E-state index in [4.69, 9.17) is 0 Å². The van der Waals surface area contributed by atoms with Gasteiger partial charge in [0.1, 0.15) is 6.04 Å². The second kappa shape index (κ2) is 5.66. The highest BCUT2D eigenvalue weighted by atomic mass is 16.2. The molecule has 21 heavy (non-hydrogen) atoms. The average molecular weight is 288 g/mol. The first-order valence-corrected chi connectivity index (χ1v) is 7.63. The molecule has 2 heterocycles. The summed E-state index contributed by atoms with van der Waals surface area (Å²) in [7, 11) is 6.15. The van der Waals surface area contributed by atoms with Crippen molar-refractivity contribution in [1.82, 2.24) is 10.2 Å². The summed E-state index contributed by atoms with van der Waals surface area (Å²) >= 11 is 0. The van der Waals surface area contributed by atoms with Crippen molar-refractivity contribution < 1.29 is 4.79 Å². The summed E-state index contributed by atoms with van der Waals surface area (Å²) in [6, 6.07) is 6.60. The number of anilines is 2. The summed E-state index contributed by atoms with van der Waals surface area (Å²) in [6.07, 6.45) is 2.47. The van der Waals surface area contributed by atoms with Gasteiger partial charge in [-0.3, -0.25) is 4.79 Å². The summed E-state index contributed by atoms with van der Waals surface area (Å²) in [5, 5.41) is 6.02. The minimum Gasteiger partial charge on any atom is -0.370 e. The van der Waals surface area contributed by atoms with Gasteiger partial charge in [-0.1, -0.05) is 6.07 Å². The molecule has 2 atom stereocenters. The fraction of sp³-hybridized carbons (Fsp3) is 0.562. The molecule has 2 aliphatic heterocycles. The van der Waals surface area contributed by atoms with Crippen LogP contribution in [0.4, 0.5) is 11.4 Å². The molecule has 3 rings (SSSR count). The van der Waals surface area contributed by atoms with E-state index >= 15 is 0 Å². The Balaban J connectivity index is 1.81. The number of likely N-dealkylation sites (tertiary alicyclic amines) is 1. The van der Waals surface area contributed by atoms with Crippen LogP contribution >= 0.6 is 0 Å². The van der Waals surface area contributed by atoms with Crippen molar-refractivity contribution in [3.63, 3.8) is 0 Å². The number of rotatable bonds is 3. The van der Waals surface area contributed by atoms with Crippen LogP contribution in [0.1, 0.15) is 24.4 Å². The Morgan fingerprint density at radius 2 is 2.24 bits per heavy atom. The molecule has 1 fully saturated rings. The summed E-state index contributed by atoms with van der Waals surface area (Å²) in [4.78, 5) is 16.6. The maximum atomic E-state index is 11.9. The van der Waals surface area contributed by atoms with E-state index in [0.29, 0.717) is 6.04 Å². The number of hydrogen-bond acceptors (Lipinski definition) is 4. The first kappa shape index (κ1) is 14.4. The average Bonchev–Trinajstić information content (AvgIpc) is 2.80. The first-order valence-electron chi connectivity index (χ1n) is 7.63. The Kier molecular flexibility index (Phi) is 3.87. The fourth-order valence-corrected chi connectivity index (χ4v) is 3.42. The molecule has 114 valence electrons. The first-order chi connectivity index (χ1) is 10.1. The molecular weight excluding hydrogens is 264 g/mol. The van der Waals surface area contributed by atoms with Crippen LogP contribution in [0.5, 0.6) is 0 Å². The molecule has 0 saturated carbocycles. The SMILES string of the molecule is CNC1C(=O)Nc2cc(N(C)C3CCCN(C)C3)ccc21. The zero-order valence-electron chi connectivity index (χ0n) is 13.0. The third-order valence-corrected chi connectivity index (χ3v) is 4.71. The summed E-state index contributed by atoms with van der Waals surface area (Å²) in [5.74, 6) is 0.0321. The van der Waals surface area contributed by atoms with Crippen molar-refractivity contribution in [2.45, 2.75) is 24.9 Å². The number of carbonyl (C=O) groups excluding carboxylic acids is 1. The molecule has 1 aromatic rings. The highest BCUT2D eigenvalue weighted by Gasteiger charge is 2.30. The van der Waals surface area contributed by atoms with E-state index in [1.54, 1.807) is 0 Å². The third-order valence-electron chi connectivity index (χ3n) is 4.71. The van der Waals surface area contributed by atoms with Gasteiger partial charge in [0.15, 0.2) is 0 Å². The van der Waals surface area contributed by atoms with Crippen LogP contribution < -0.4 is 15.5 Å². The molecule has 0 aromatic heterocycles. The molecule has 0 spiro atoms. The van der Waals surface area contributed by atoms with Crippen LogP contribution in [-0.4, -0.2) is 51.1 Å². The number of piperidine rings is 1. The Morgan fingerprint density at radius 3 is 2.95 bits per heavy atom. The second-order valence-electron chi connectivity index (χ2n) is 6.15. The fourth-order valence-electron chi connectivity index (χ4n) is 3.42. The van der Waals surface area contributed by atoms with E-state index in [1.165, 1.54) is 25.1 Å². The molecule has 0 radical (unpaired) electrons. The van der Waals surface area contributed by atoms with Crippen molar-refractivity contribution >= 4 is 17.3 Å². The van der Waals surface area contributed by atoms with Crippen LogP contribution in [-0.2, 0) is 4.79 Å². The van der Waals surface area contributed by atoms with Crippen molar-refractivity contribution in [1.29, 1.82) is 0 Å². The van der Waals surface area contributed by atoms with Gasteiger partial charge in [-0.2, -0.15) is 0 Å². The van der Waals surface area contributed by atoms with E-state index in [1.807, 2.05) is 7.05 Å². The molecule has 2 unspecified atom stereocenters. The molecule has 1 aromatic carbocycles. The molecule has 1 saturated heterocycles. The lowest BCUT2D eigenvalue weighted by Crippen LogP contribution is -2.45. The van der Waals surface area contributed by atoms with E-state index in [9.17, 15) is 4.79 Å². The number of amides is 1. The van der Waals surface area contributed by atoms with Crippen LogP contribution in [0, 0.1) is 0 Å². The lowest BCUT2D eigenvalue weighted by Gasteiger charge is -2.37. The number of likely N-dealkylation sites (N-methyl/N-ethyl adjacent to an activating group) is 3. The molecule has 1 amide bonds. The van der Waals surface area contributed by atoms with Gasteiger partial charge >= 0.3 is 0 Å². The van der Waals surface area contributed by atoms with Crippen LogP contribution in [0.15, 0.2) is 18.2 Å². The van der Waals surface area contributed by atoms with Gasteiger partial charge in [-0.15, -0.1) is 0 Å². The second-order valence-corrected chi connectivity index (χ2v) is 6.15. The smallest absolute Gasteiger partial charge is 0.246 e. The maximum absolute atomic E-state index is 11.9. The van der Waals surface area contributed by atoms with Gasteiger partial charge in [0.05, 0.1) is 0 Å². The summed E-state index contributed by atoms with van der Waals surface area (Å²) < 4.78 is 0. The van der Waals surface area contributed by atoms with Crippen molar-refractivity contribution in [3.05, 3.63) is 23.8 Å². The Bertz CT molecular complexity index is 545. The molecule has 0 bridgehead atoms. The Hall–Kier alpha value is -1.59. The van der Waals surface area contributed by atoms with Crippen molar-refractivity contribution in [2.75, 3.05) is 44.4 Å². The van der Waals surface area contributed by atoms with Crippen LogP contribution in [0.25, 0.3) is 0 Å². The highest BCUT2D eigenvalue weighted by molar-refractivity contribution is 6.03. The monoisotopic (exact) mass is 288 g/mol. The minimum atomic E-state index is -0.222. The van der Waals surface area contributed by atoms with Crippen molar-refractivity contribution in [3.8, 4) is 0 Å². The molecule has 5 heteroatoms.